The van der Waals surface area contributed by atoms with Gasteiger partial charge in [-0.05, 0) is 68.0 Å². The maximum atomic E-state index is 15.2. The number of carbonyl (C=O) groups excluding carboxylic acids is 3. The number of sulfonamides is 2. The van der Waals surface area contributed by atoms with Gasteiger partial charge in [-0.15, -0.1) is 6.58 Å². The number of nitrogens with one attached hydrogen (secondary N) is 2. The Balaban J connectivity index is 1.38. The summed E-state index contributed by atoms with van der Waals surface area (Å²) in [5.41, 5.74) is -2.60. The molecule has 1 saturated heterocycles. The normalized spacial score (nSPS) is 22.8. The highest BCUT2D eigenvalue weighted by Crippen LogP contribution is 2.52. The molecular formula is C39H49ClN6O9S2. The van der Waals surface area contributed by atoms with Gasteiger partial charge in [-0.3, -0.25) is 14.3 Å². The summed E-state index contributed by atoms with van der Waals surface area (Å²) in [4.78, 5) is 51.4. The lowest BCUT2D eigenvalue weighted by Gasteiger charge is -2.40. The van der Waals surface area contributed by atoms with E-state index in [0.717, 1.165) is 9.21 Å². The van der Waals surface area contributed by atoms with Gasteiger partial charge in [-0.2, -0.15) is 0 Å². The molecule has 2 heterocycles. The Bertz CT molecular complexity index is 2330. The minimum Gasteiger partial charge on any atom is -0.494 e. The Kier molecular flexibility index (Phi) is 11.4. The summed E-state index contributed by atoms with van der Waals surface area (Å²) >= 11 is 6.34. The molecule has 1 aromatic heterocycles. The fourth-order valence-electron chi connectivity index (χ4n) is 7.26. The zero-order valence-electron chi connectivity index (χ0n) is 33.0. The number of fused-ring (bicyclic) bond motifs is 1. The van der Waals surface area contributed by atoms with Crippen LogP contribution in [0.15, 0.2) is 66.2 Å². The molecule has 4 amide bonds. The lowest BCUT2D eigenvalue weighted by molar-refractivity contribution is -0.141. The maximum absolute atomic E-state index is 15.2. The number of benzene rings is 2. The fourth-order valence-corrected chi connectivity index (χ4v) is 9.74. The molecule has 57 heavy (non-hydrogen) atoms. The fraction of sp³-hybridized carbons (Fsp3) is 0.487. The lowest BCUT2D eigenvalue weighted by Crippen LogP contribution is -2.64. The van der Waals surface area contributed by atoms with Crippen LogP contribution >= 0.6 is 11.6 Å². The summed E-state index contributed by atoms with van der Waals surface area (Å²) in [7, 11) is -3.61. The standard InChI is InChI=1S/C39H49ClN6O9S2/c1-9-24-20-39(24,36(48)43-56(50,51)28-14-15-28)46(35(47)33(38(3,4)5)42-26-11-10-12-29(19-26)57(52,53)44(6)7)37(49)45-22-27(17-23(45)2)55-34-31-18-25(40)13-16-30(31)32(54-8)21-41-34/h9-13,16,18-19,21,23-24,27-28,33,42H,1,14-15,17,20,22H2,2-8H3,(H,43,48)/t23?,24-,27-,33+,39-/m1/s1. The van der Waals surface area contributed by atoms with E-state index < -0.39 is 78.2 Å². The van der Waals surface area contributed by atoms with Crippen LogP contribution in [0.5, 0.6) is 11.6 Å². The zero-order valence-corrected chi connectivity index (χ0v) is 35.4. The van der Waals surface area contributed by atoms with Crippen LogP contribution in [0.3, 0.4) is 0 Å². The van der Waals surface area contributed by atoms with Crippen LogP contribution in [-0.4, -0.2) is 110 Å². The van der Waals surface area contributed by atoms with Gasteiger partial charge in [-0.25, -0.2) is 35.8 Å². The Morgan fingerprint density at radius 3 is 2.39 bits per heavy atom. The Morgan fingerprint density at radius 2 is 1.79 bits per heavy atom. The SMILES string of the molecule is C=C[C@@H]1C[C@@]1(C(=O)NS(=O)(=O)C1CC1)N(C(=O)[C@H](Nc1cccc(S(=O)(=O)N(C)C)c1)C(C)(C)C)C(=O)N1C[C@H](Oc2ncc(OC)c3ccc(Cl)cc23)CC1C. The van der Waals surface area contributed by atoms with Crippen molar-refractivity contribution < 1.29 is 40.7 Å². The molecule has 1 aliphatic heterocycles. The van der Waals surface area contributed by atoms with Crippen molar-refractivity contribution in [2.45, 2.75) is 87.3 Å². The predicted octanol–water partition coefficient (Wildman–Crippen LogP) is 5.02. The average Bonchev–Trinajstić information content (AvgIpc) is 4.07. The van der Waals surface area contributed by atoms with Crippen LogP contribution in [0, 0.1) is 11.3 Å². The largest absolute Gasteiger partial charge is 0.494 e. The first-order chi connectivity index (χ1) is 26.6. The molecule has 2 saturated carbocycles. The molecule has 3 aromatic rings. The van der Waals surface area contributed by atoms with E-state index in [9.17, 15) is 21.6 Å². The first-order valence-electron chi connectivity index (χ1n) is 18.6. The Labute approximate surface area is 338 Å². The molecule has 15 nitrogen and oxygen atoms in total. The summed E-state index contributed by atoms with van der Waals surface area (Å²) in [5, 5.41) is 4.17. The summed E-state index contributed by atoms with van der Waals surface area (Å²) in [6, 6.07) is 8.60. The molecule has 308 valence electrons. The van der Waals surface area contributed by atoms with Crippen molar-refractivity contribution in [2.75, 3.05) is 33.1 Å². The van der Waals surface area contributed by atoms with Crippen molar-refractivity contribution in [3.05, 3.63) is 66.3 Å². The van der Waals surface area contributed by atoms with E-state index in [2.05, 4.69) is 21.6 Å². The Hall–Kier alpha value is -4.45. The van der Waals surface area contributed by atoms with E-state index in [1.165, 1.54) is 56.6 Å². The molecule has 3 aliphatic rings. The average molecular weight is 845 g/mol. The number of rotatable bonds is 13. The van der Waals surface area contributed by atoms with Gasteiger partial charge in [0.25, 0.3) is 11.8 Å². The number of methoxy groups -OCH3 is 1. The van der Waals surface area contributed by atoms with Gasteiger partial charge in [-0.1, -0.05) is 44.5 Å². The molecule has 2 aromatic carbocycles. The second-order valence-electron chi connectivity index (χ2n) is 16.2. The van der Waals surface area contributed by atoms with Gasteiger partial charge in [0.15, 0.2) is 0 Å². The van der Waals surface area contributed by atoms with Gasteiger partial charge >= 0.3 is 6.03 Å². The number of hydrogen-bond donors (Lipinski definition) is 2. The number of pyridine rings is 1. The number of nitrogens with zero attached hydrogens (tertiary/aromatic N) is 4. The van der Waals surface area contributed by atoms with Gasteiger partial charge in [0.2, 0.25) is 25.9 Å². The second kappa shape index (κ2) is 15.4. The molecule has 6 rings (SSSR count). The molecular weight excluding hydrogens is 796 g/mol. The molecule has 2 aliphatic carbocycles. The molecule has 18 heteroatoms. The van der Waals surface area contributed by atoms with Crippen molar-refractivity contribution in [1.29, 1.82) is 0 Å². The minimum absolute atomic E-state index is 0.00553. The summed E-state index contributed by atoms with van der Waals surface area (Å²) < 4.78 is 67.5. The summed E-state index contributed by atoms with van der Waals surface area (Å²) in [6.07, 6.45) is 3.41. The van der Waals surface area contributed by atoms with Crippen LogP contribution in [0.25, 0.3) is 10.8 Å². The third kappa shape index (κ3) is 8.16. The van der Waals surface area contributed by atoms with Crippen LogP contribution < -0.4 is 19.5 Å². The lowest BCUT2D eigenvalue weighted by atomic mass is 9.85. The van der Waals surface area contributed by atoms with E-state index >= 15 is 9.59 Å². The highest BCUT2D eigenvalue weighted by Gasteiger charge is 2.68. The number of urea groups is 1. The number of halogens is 1. The molecule has 0 bridgehead atoms. The molecule has 1 unspecified atom stereocenters. The van der Waals surface area contributed by atoms with Crippen molar-refractivity contribution >= 4 is 66.0 Å². The summed E-state index contributed by atoms with van der Waals surface area (Å²) in [6.45, 7) is 10.9. The van der Waals surface area contributed by atoms with Gasteiger partial charge < -0.3 is 19.7 Å². The summed E-state index contributed by atoms with van der Waals surface area (Å²) in [5.74, 6) is -1.80. The van der Waals surface area contributed by atoms with Crippen LogP contribution in [-0.2, 0) is 29.6 Å². The quantitative estimate of drug-likeness (QED) is 0.220. The van der Waals surface area contributed by atoms with Gasteiger partial charge in [0, 0.05) is 54.0 Å². The third-order valence-corrected chi connectivity index (χ3v) is 14.6. The third-order valence-electron chi connectivity index (χ3n) is 10.8. The number of ether oxygens (including phenoxy) is 2. The van der Waals surface area contributed by atoms with E-state index in [0.29, 0.717) is 40.8 Å². The van der Waals surface area contributed by atoms with E-state index in [4.69, 9.17) is 21.1 Å². The molecule has 2 N–H and O–H groups in total. The maximum Gasteiger partial charge on any atom is 0.328 e. The highest BCUT2D eigenvalue weighted by atomic mass is 35.5. The first kappa shape index (κ1) is 42.2. The van der Waals surface area contributed by atoms with Gasteiger partial charge in [0.1, 0.15) is 23.4 Å². The van der Waals surface area contributed by atoms with Crippen LogP contribution in [0.2, 0.25) is 5.02 Å². The van der Waals surface area contributed by atoms with Crippen molar-refractivity contribution in [1.82, 2.24) is 23.8 Å². The van der Waals surface area contributed by atoms with E-state index in [1.54, 1.807) is 52.0 Å². The van der Waals surface area contributed by atoms with Crippen molar-refractivity contribution in [3.8, 4) is 11.6 Å². The van der Waals surface area contributed by atoms with Crippen LogP contribution in [0.4, 0.5) is 10.5 Å². The zero-order chi connectivity index (χ0) is 41.8. The Morgan fingerprint density at radius 1 is 1.09 bits per heavy atom. The second-order valence-corrected chi connectivity index (χ2v) is 20.7. The highest BCUT2D eigenvalue weighted by molar-refractivity contribution is 7.91. The van der Waals surface area contributed by atoms with E-state index in [1.807, 2.05) is 0 Å². The van der Waals surface area contributed by atoms with Crippen molar-refractivity contribution in [3.63, 3.8) is 0 Å². The predicted molar refractivity (Wildman–Crippen MR) is 216 cm³/mol. The number of hydrogen-bond acceptors (Lipinski definition) is 11. The number of anilines is 1. The number of likely N-dealkylation sites (tertiary alicyclic amines) is 1. The number of amides is 4. The van der Waals surface area contributed by atoms with E-state index in [-0.39, 0.29) is 29.4 Å². The monoisotopic (exact) mass is 844 g/mol. The number of aromatic nitrogens is 1. The van der Waals surface area contributed by atoms with Gasteiger partial charge in [0.05, 0.1) is 30.0 Å². The molecule has 3 fully saturated rings. The minimum atomic E-state index is -4.09. The molecule has 0 spiro atoms. The molecule has 0 radical (unpaired) electrons. The topological polar surface area (TPSA) is 185 Å². The smallest absolute Gasteiger partial charge is 0.328 e. The molecule has 5 atom stereocenters. The van der Waals surface area contributed by atoms with Crippen LogP contribution in [0.1, 0.15) is 53.4 Å². The van der Waals surface area contributed by atoms with Crippen molar-refractivity contribution in [2.24, 2.45) is 11.3 Å². The number of carbonyl (C=O) groups is 3. The first-order valence-corrected chi connectivity index (χ1v) is 21.9. The number of imide groups is 1.